The van der Waals surface area contributed by atoms with Crippen molar-refractivity contribution in [1.29, 1.82) is 0 Å². The van der Waals surface area contributed by atoms with E-state index in [9.17, 15) is 9.18 Å². The Morgan fingerprint density at radius 2 is 1.95 bits per heavy atom. The molecule has 0 fully saturated rings. The molecule has 0 aliphatic heterocycles. The molecule has 0 bridgehead atoms. The van der Waals surface area contributed by atoms with Crippen LogP contribution in [0.15, 0.2) is 36.5 Å². The molecule has 4 nitrogen and oxygen atoms in total. The van der Waals surface area contributed by atoms with Crippen molar-refractivity contribution < 1.29 is 9.18 Å². The number of urea groups is 1. The zero-order chi connectivity index (χ0) is 13.8. The van der Waals surface area contributed by atoms with E-state index in [2.05, 4.69) is 15.6 Å². The predicted molar refractivity (Wildman–Crippen MR) is 73.3 cm³/mol. The molecule has 0 aliphatic rings. The van der Waals surface area contributed by atoms with Gasteiger partial charge in [-0.2, -0.15) is 0 Å². The van der Waals surface area contributed by atoms with E-state index in [4.69, 9.17) is 23.2 Å². The maximum absolute atomic E-state index is 13.5. The van der Waals surface area contributed by atoms with Crippen LogP contribution in [-0.2, 0) is 0 Å². The molecule has 2 N–H and O–H groups in total. The van der Waals surface area contributed by atoms with Crippen molar-refractivity contribution in [3.63, 3.8) is 0 Å². The van der Waals surface area contributed by atoms with Gasteiger partial charge in [-0.25, -0.2) is 14.2 Å². The summed E-state index contributed by atoms with van der Waals surface area (Å²) in [5, 5.41) is 4.99. The van der Waals surface area contributed by atoms with Crippen LogP contribution in [0, 0.1) is 5.82 Å². The van der Waals surface area contributed by atoms with Crippen LogP contribution >= 0.6 is 23.2 Å². The van der Waals surface area contributed by atoms with Crippen molar-refractivity contribution in [2.24, 2.45) is 0 Å². The molecule has 2 rings (SSSR count). The highest BCUT2D eigenvalue weighted by Crippen LogP contribution is 2.25. The van der Waals surface area contributed by atoms with Gasteiger partial charge in [0.25, 0.3) is 0 Å². The predicted octanol–water partition coefficient (Wildman–Crippen LogP) is 4.17. The fourth-order valence-corrected chi connectivity index (χ4v) is 1.74. The number of hydrogen-bond acceptors (Lipinski definition) is 2. The second-order valence-corrected chi connectivity index (χ2v) is 4.28. The first-order chi connectivity index (χ1) is 9.08. The molecule has 0 saturated carbocycles. The van der Waals surface area contributed by atoms with Crippen LogP contribution in [0.2, 0.25) is 10.2 Å². The highest BCUT2D eigenvalue weighted by atomic mass is 35.5. The summed E-state index contributed by atoms with van der Waals surface area (Å²) in [7, 11) is 0. The van der Waals surface area contributed by atoms with E-state index < -0.39 is 11.8 Å². The van der Waals surface area contributed by atoms with Crippen molar-refractivity contribution >= 4 is 40.6 Å². The van der Waals surface area contributed by atoms with Crippen molar-refractivity contribution in [1.82, 2.24) is 4.98 Å². The number of carbonyl (C=O) groups excluding carboxylic acids is 1. The lowest BCUT2D eigenvalue weighted by molar-refractivity contribution is 0.262. The molecule has 1 aromatic carbocycles. The van der Waals surface area contributed by atoms with Crippen molar-refractivity contribution in [2.45, 2.75) is 0 Å². The SMILES string of the molecule is O=C(Nc1cccnc1Cl)Nc1c(F)cccc1Cl. The number of nitrogens with zero attached hydrogens (tertiary/aromatic N) is 1. The van der Waals surface area contributed by atoms with E-state index in [-0.39, 0.29) is 15.9 Å². The summed E-state index contributed by atoms with van der Waals surface area (Å²) in [6, 6.07) is 6.62. The summed E-state index contributed by atoms with van der Waals surface area (Å²) in [4.78, 5) is 15.5. The Kier molecular flexibility index (Phi) is 4.19. The molecular formula is C12H8Cl2FN3O. The van der Waals surface area contributed by atoms with Crippen LogP contribution in [0.1, 0.15) is 0 Å². The first kappa shape index (κ1) is 13.6. The summed E-state index contributed by atoms with van der Waals surface area (Å²) in [6.07, 6.45) is 1.49. The van der Waals surface area contributed by atoms with E-state index in [1.165, 1.54) is 24.4 Å². The number of nitrogens with one attached hydrogen (secondary N) is 2. The van der Waals surface area contributed by atoms with Gasteiger partial charge in [-0.15, -0.1) is 0 Å². The lowest BCUT2D eigenvalue weighted by Crippen LogP contribution is -2.20. The van der Waals surface area contributed by atoms with Crippen LogP contribution in [0.3, 0.4) is 0 Å². The van der Waals surface area contributed by atoms with Gasteiger partial charge in [-0.05, 0) is 24.3 Å². The largest absolute Gasteiger partial charge is 0.323 e. The third-order valence-electron chi connectivity index (χ3n) is 2.21. The average Bonchev–Trinajstić information content (AvgIpc) is 2.37. The van der Waals surface area contributed by atoms with Crippen molar-refractivity contribution in [2.75, 3.05) is 10.6 Å². The van der Waals surface area contributed by atoms with Gasteiger partial charge in [0, 0.05) is 6.20 Å². The number of aromatic nitrogens is 1. The zero-order valence-electron chi connectivity index (χ0n) is 9.45. The van der Waals surface area contributed by atoms with Crippen molar-refractivity contribution in [3.05, 3.63) is 52.5 Å². The van der Waals surface area contributed by atoms with Gasteiger partial charge in [0.05, 0.1) is 16.4 Å². The summed E-state index contributed by atoms with van der Waals surface area (Å²) in [6.45, 7) is 0. The number of anilines is 2. The normalized spacial score (nSPS) is 10.1. The van der Waals surface area contributed by atoms with Gasteiger partial charge < -0.3 is 10.6 Å². The van der Waals surface area contributed by atoms with Gasteiger partial charge in [-0.1, -0.05) is 29.3 Å². The molecule has 98 valence electrons. The topological polar surface area (TPSA) is 54.0 Å². The highest BCUT2D eigenvalue weighted by molar-refractivity contribution is 6.34. The molecule has 0 atom stereocenters. The zero-order valence-corrected chi connectivity index (χ0v) is 11.0. The molecule has 19 heavy (non-hydrogen) atoms. The van der Waals surface area contributed by atoms with Crippen LogP contribution in [0.4, 0.5) is 20.6 Å². The number of rotatable bonds is 2. The Labute approximate surface area is 118 Å². The Morgan fingerprint density at radius 1 is 1.16 bits per heavy atom. The first-order valence-electron chi connectivity index (χ1n) is 5.20. The molecule has 0 aliphatic carbocycles. The van der Waals surface area contributed by atoms with E-state index in [0.717, 1.165) is 0 Å². The smallest absolute Gasteiger partial charge is 0.305 e. The third kappa shape index (κ3) is 3.33. The molecule has 2 aromatic rings. The summed E-state index contributed by atoms with van der Waals surface area (Å²) < 4.78 is 13.5. The Hall–Kier alpha value is -1.85. The van der Waals surface area contributed by atoms with Gasteiger partial charge in [0.2, 0.25) is 0 Å². The van der Waals surface area contributed by atoms with E-state index in [1.54, 1.807) is 12.1 Å². The Morgan fingerprint density at radius 3 is 2.63 bits per heavy atom. The number of amides is 2. The summed E-state index contributed by atoms with van der Waals surface area (Å²) >= 11 is 11.6. The maximum Gasteiger partial charge on any atom is 0.323 e. The molecule has 2 amide bonds. The minimum atomic E-state index is -0.665. The van der Waals surface area contributed by atoms with Crippen LogP contribution in [-0.4, -0.2) is 11.0 Å². The molecule has 7 heteroatoms. The third-order valence-corrected chi connectivity index (χ3v) is 2.82. The van der Waals surface area contributed by atoms with Gasteiger partial charge in [0.1, 0.15) is 5.82 Å². The van der Waals surface area contributed by atoms with Crippen LogP contribution < -0.4 is 10.6 Å². The average molecular weight is 300 g/mol. The number of halogens is 3. The van der Waals surface area contributed by atoms with Crippen molar-refractivity contribution in [3.8, 4) is 0 Å². The second kappa shape index (κ2) is 5.86. The standard InChI is InChI=1S/C12H8Cl2FN3O/c13-7-3-1-4-8(15)10(7)18-12(19)17-9-5-2-6-16-11(9)14/h1-6H,(H2,17,18,19). The molecule has 1 heterocycles. The fourth-order valence-electron chi connectivity index (χ4n) is 1.36. The first-order valence-corrected chi connectivity index (χ1v) is 5.96. The van der Waals surface area contributed by atoms with Gasteiger partial charge >= 0.3 is 6.03 Å². The summed E-state index contributed by atoms with van der Waals surface area (Å²) in [5.41, 5.74) is 0.218. The summed E-state index contributed by atoms with van der Waals surface area (Å²) in [5.74, 6) is -0.625. The lowest BCUT2D eigenvalue weighted by Gasteiger charge is -2.10. The van der Waals surface area contributed by atoms with Crippen LogP contribution in [0.25, 0.3) is 0 Å². The molecule has 0 radical (unpaired) electrons. The minimum Gasteiger partial charge on any atom is -0.305 e. The number of pyridine rings is 1. The molecular weight excluding hydrogens is 292 g/mol. The minimum absolute atomic E-state index is 0.0957. The Balaban J connectivity index is 2.12. The fraction of sp³-hybridized carbons (Fsp3) is 0. The monoisotopic (exact) mass is 299 g/mol. The second-order valence-electron chi connectivity index (χ2n) is 3.52. The Bertz CT molecular complexity index is 601. The molecule has 0 unspecified atom stereocenters. The van der Waals surface area contributed by atoms with E-state index >= 15 is 0 Å². The molecule has 0 saturated heterocycles. The quantitative estimate of drug-likeness (QED) is 0.818. The number of hydrogen-bond donors (Lipinski definition) is 2. The van der Waals surface area contributed by atoms with Gasteiger partial charge in [-0.3, -0.25) is 0 Å². The number of para-hydroxylation sites is 1. The molecule has 1 aromatic heterocycles. The van der Waals surface area contributed by atoms with E-state index in [0.29, 0.717) is 5.69 Å². The van der Waals surface area contributed by atoms with Crippen LogP contribution in [0.5, 0.6) is 0 Å². The maximum atomic E-state index is 13.5. The van der Waals surface area contributed by atoms with Gasteiger partial charge in [0.15, 0.2) is 5.15 Å². The molecule has 0 spiro atoms. The number of benzene rings is 1. The van der Waals surface area contributed by atoms with E-state index in [1.807, 2.05) is 0 Å². The number of carbonyl (C=O) groups is 1. The highest BCUT2D eigenvalue weighted by Gasteiger charge is 2.11. The lowest BCUT2D eigenvalue weighted by atomic mass is 10.3.